The van der Waals surface area contributed by atoms with Gasteiger partial charge in [0.2, 0.25) is 0 Å². The highest BCUT2D eigenvalue weighted by atomic mass is 16.4. The Bertz CT molecular complexity index is 570. The zero-order valence-corrected chi connectivity index (χ0v) is 13.8. The van der Waals surface area contributed by atoms with Gasteiger partial charge in [0, 0.05) is 38.6 Å². The van der Waals surface area contributed by atoms with Crippen LogP contribution in [0.2, 0.25) is 0 Å². The van der Waals surface area contributed by atoms with E-state index < -0.39 is 5.97 Å². The lowest BCUT2D eigenvalue weighted by molar-refractivity contribution is -0.139. The molecule has 2 rings (SSSR count). The molecule has 126 valence electrons. The maximum absolute atomic E-state index is 12.4. The van der Waals surface area contributed by atoms with Crippen LogP contribution in [0, 0.1) is 0 Å². The number of pyridine rings is 1. The Labute approximate surface area is 136 Å². The van der Waals surface area contributed by atoms with Crippen molar-refractivity contribution < 1.29 is 14.7 Å². The van der Waals surface area contributed by atoms with Gasteiger partial charge >= 0.3 is 5.97 Å². The molecule has 0 aliphatic heterocycles. The minimum absolute atomic E-state index is 0.0508. The lowest BCUT2D eigenvalue weighted by Gasteiger charge is -2.42. The first kappa shape index (κ1) is 17.2. The van der Waals surface area contributed by atoms with Gasteiger partial charge in [-0.15, -0.1) is 0 Å². The van der Waals surface area contributed by atoms with Crippen molar-refractivity contribution in [1.29, 1.82) is 0 Å². The maximum Gasteiger partial charge on any atom is 0.317 e. The van der Waals surface area contributed by atoms with E-state index in [-0.39, 0.29) is 24.5 Å². The summed E-state index contributed by atoms with van der Waals surface area (Å²) < 4.78 is 0. The molecule has 23 heavy (non-hydrogen) atoms. The van der Waals surface area contributed by atoms with Gasteiger partial charge in [-0.2, -0.15) is 0 Å². The van der Waals surface area contributed by atoms with Crippen molar-refractivity contribution in [2.45, 2.75) is 31.8 Å². The Kier molecular flexibility index (Phi) is 5.54. The number of hydrogen-bond donors (Lipinski definition) is 2. The summed E-state index contributed by atoms with van der Waals surface area (Å²) >= 11 is 0. The first-order chi connectivity index (χ1) is 10.9. The number of aromatic nitrogens is 1. The fraction of sp³-hybridized carbons (Fsp3) is 0.562. The van der Waals surface area contributed by atoms with Crippen LogP contribution < -0.4 is 10.2 Å². The molecule has 0 bridgehead atoms. The molecule has 1 aliphatic rings. The number of nitrogens with one attached hydrogen (secondary N) is 1. The van der Waals surface area contributed by atoms with Crippen molar-refractivity contribution in [3.8, 4) is 0 Å². The first-order valence-corrected chi connectivity index (χ1v) is 7.80. The third kappa shape index (κ3) is 4.19. The van der Waals surface area contributed by atoms with E-state index in [2.05, 4.69) is 10.3 Å². The van der Waals surface area contributed by atoms with Crippen LogP contribution in [0.4, 0.5) is 5.69 Å². The molecular formula is C16H24N4O3. The van der Waals surface area contributed by atoms with Crippen molar-refractivity contribution in [3.05, 3.63) is 24.0 Å². The Hall–Kier alpha value is -2.15. The average Bonchev–Trinajstić information content (AvgIpc) is 2.48. The number of amides is 1. The molecule has 7 nitrogen and oxygen atoms in total. The minimum atomic E-state index is -0.815. The molecule has 2 N–H and O–H groups in total. The highest BCUT2D eigenvalue weighted by Gasteiger charge is 2.35. The van der Waals surface area contributed by atoms with E-state index in [1.54, 1.807) is 12.4 Å². The molecule has 0 atom stereocenters. The van der Waals surface area contributed by atoms with Crippen LogP contribution in [0.5, 0.6) is 0 Å². The van der Waals surface area contributed by atoms with Crippen molar-refractivity contribution in [2.75, 3.05) is 32.1 Å². The Balaban J connectivity index is 1.90. The molecule has 1 heterocycles. The number of rotatable bonds is 7. The lowest BCUT2D eigenvalue weighted by Crippen LogP contribution is -2.54. The molecule has 7 heteroatoms. The van der Waals surface area contributed by atoms with Crippen molar-refractivity contribution in [1.82, 2.24) is 15.2 Å². The third-order valence-electron chi connectivity index (χ3n) is 4.23. The first-order valence-electron chi connectivity index (χ1n) is 7.80. The van der Waals surface area contributed by atoms with E-state index in [0.717, 1.165) is 18.5 Å². The number of hydrogen-bond acceptors (Lipinski definition) is 5. The fourth-order valence-corrected chi connectivity index (χ4v) is 2.89. The quantitative estimate of drug-likeness (QED) is 0.773. The second-order valence-electron chi connectivity index (χ2n) is 6.04. The number of carbonyl (C=O) groups excluding carboxylic acids is 1. The van der Waals surface area contributed by atoms with Gasteiger partial charge in [-0.25, -0.2) is 0 Å². The van der Waals surface area contributed by atoms with E-state index in [1.165, 1.54) is 0 Å². The summed E-state index contributed by atoms with van der Waals surface area (Å²) in [5.41, 5.74) is 1.38. The van der Waals surface area contributed by atoms with Crippen LogP contribution in [0.3, 0.4) is 0 Å². The summed E-state index contributed by atoms with van der Waals surface area (Å²) in [4.78, 5) is 31.1. The second-order valence-corrected chi connectivity index (χ2v) is 6.04. The molecule has 0 unspecified atom stereocenters. The van der Waals surface area contributed by atoms with E-state index in [0.29, 0.717) is 12.1 Å². The summed E-state index contributed by atoms with van der Waals surface area (Å²) in [6, 6.07) is 2.12. The molecular weight excluding hydrogens is 296 g/mol. The maximum atomic E-state index is 12.4. The van der Waals surface area contributed by atoms with E-state index in [9.17, 15) is 9.59 Å². The summed E-state index contributed by atoms with van der Waals surface area (Å²) in [5.74, 6) is -0.947. The fourth-order valence-electron chi connectivity index (χ4n) is 2.89. The van der Waals surface area contributed by atoms with E-state index >= 15 is 0 Å². The standard InChI is InChI=1S/C16H24N4O3/c1-4-20(10-15(21)22)12-7-11(8-12)18-16(23)13-9-17-6-5-14(13)19(2)3/h5-6,9,11-12H,4,7-8,10H2,1-3H3,(H,18,23)(H,21,22). The zero-order chi connectivity index (χ0) is 17.0. The van der Waals surface area contributed by atoms with E-state index in [4.69, 9.17) is 5.11 Å². The molecule has 1 aliphatic carbocycles. The number of likely N-dealkylation sites (N-methyl/N-ethyl adjacent to an activating group) is 1. The molecule has 0 radical (unpaired) electrons. The molecule has 1 aromatic heterocycles. The molecule has 0 aromatic carbocycles. The van der Waals surface area contributed by atoms with Gasteiger partial charge in [0.05, 0.1) is 17.8 Å². The van der Waals surface area contributed by atoms with Crippen molar-refractivity contribution in [2.24, 2.45) is 0 Å². The van der Waals surface area contributed by atoms with Gasteiger partial charge in [-0.1, -0.05) is 6.92 Å². The predicted molar refractivity (Wildman–Crippen MR) is 87.7 cm³/mol. The topological polar surface area (TPSA) is 85.8 Å². The van der Waals surface area contributed by atoms with Gasteiger partial charge < -0.3 is 15.3 Å². The van der Waals surface area contributed by atoms with Crippen LogP contribution in [0.1, 0.15) is 30.1 Å². The summed E-state index contributed by atoms with van der Waals surface area (Å²) in [7, 11) is 3.77. The van der Waals surface area contributed by atoms with Gasteiger partial charge in [-0.05, 0) is 25.5 Å². The Morgan fingerprint density at radius 2 is 2.09 bits per heavy atom. The number of anilines is 1. The van der Waals surface area contributed by atoms with Crippen LogP contribution in [-0.2, 0) is 4.79 Å². The Morgan fingerprint density at radius 1 is 1.39 bits per heavy atom. The smallest absolute Gasteiger partial charge is 0.317 e. The predicted octanol–water partition coefficient (Wildman–Crippen LogP) is 0.815. The molecule has 1 saturated carbocycles. The van der Waals surface area contributed by atoms with Crippen molar-refractivity contribution >= 4 is 17.6 Å². The van der Waals surface area contributed by atoms with E-state index in [1.807, 2.05) is 36.9 Å². The van der Waals surface area contributed by atoms with Crippen LogP contribution in [0.15, 0.2) is 18.5 Å². The lowest BCUT2D eigenvalue weighted by atomic mass is 9.85. The second kappa shape index (κ2) is 7.41. The van der Waals surface area contributed by atoms with Crippen LogP contribution >= 0.6 is 0 Å². The average molecular weight is 320 g/mol. The number of carboxylic acid groups (broad SMARTS) is 1. The SMILES string of the molecule is CCN(CC(=O)O)C1CC(NC(=O)c2cnccc2N(C)C)C1. The largest absolute Gasteiger partial charge is 0.480 e. The Morgan fingerprint density at radius 3 is 2.65 bits per heavy atom. The highest BCUT2D eigenvalue weighted by molar-refractivity contribution is 5.99. The summed E-state index contributed by atoms with van der Waals surface area (Å²) in [5, 5.41) is 11.9. The van der Waals surface area contributed by atoms with Crippen molar-refractivity contribution in [3.63, 3.8) is 0 Å². The van der Waals surface area contributed by atoms with Gasteiger partial charge in [0.1, 0.15) is 0 Å². The summed E-state index contributed by atoms with van der Waals surface area (Å²) in [6.45, 7) is 2.70. The molecule has 1 amide bonds. The number of aliphatic carboxylic acids is 1. The molecule has 0 saturated heterocycles. The normalized spacial score (nSPS) is 20.0. The van der Waals surface area contributed by atoms with Gasteiger partial charge in [-0.3, -0.25) is 19.5 Å². The molecule has 0 spiro atoms. The van der Waals surface area contributed by atoms with Gasteiger partial charge in [0.25, 0.3) is 5.91 Å². The number of carboxylic acids is 1. The monoisotopic (exact) mass is 320 g/mol. The van der Waals surface area contributed by atoms with Crippen LogP contribution in [-0.4, -0.2) is 66.1 Å². The third-order valence-corrected chi connectivity index (χ3v) is 4.23. The number of carbonyl (C=O) groups is 2. The van der Waals surface area contributed by atoms with Gasteiger partial charge in [0.15, 0.2) is 0 Å². The zero-order valence-electron chi connectivity index (χ0n) is 13.8. The summed E-state index contributed by atoms with van der Waals surface area (Å²) in [6.07, 6.45) is 4.80. The highest BCUT2D eigenvalue weighted by Crippen LogP contribution is 2.26. The van der Waals surface area contributed by atoms with Crippen LogP contribution in [0.25, 0.3) is 0 Å². The molecule has 1 aromatic rings. The number of nitrogens with zero attached hydrogens (tertiary/aromatic N) is 3. The molecule has 1 fully saturated rings. The minimum Gasteiger partial charge on any atom is -0.480 e.